The van der Waals surface area contributed by atoms with Crippen molar-refractivity contribution in [3.63, 3.8) is 0 Å². The number of guanidine groups is 1. The molecule has 3 heterocycles. The fourth-order valence-corrected chi connectivity index (χ4v) is 4.21. The third-order valence-electron chi connectivity index (χ3n) is 5.91. The summed E-state index contributed by atoms with van der Waals surface area (Å²) in [6.45, 7) is 5.96. The van der Waals surface area contributed by atoms with Crippen LogP contribution in [0.3, 0.4) is 0 Å². The zero-order valence-electron chi connectivity index (χ0n) is 17.9. The van der Waals surface area contributed by atoms with Gasteiger partial charge in [0.25, 0.3) is 0 Å². The molecule has 0 amide bonds. The van der Waals surface area contributed by atoms with Gasteiger partial charge in [-0.3, -0.25) is 9.89 Å². The SMILES string of the molecule is CN=C(NCc1ccc(CN2CCCCC2)cc1)NCc1nnc2n1CCCC2.I. The number of fused-ring (bicyclic) bond motifs is 1. The van der Waals surface area contributed by atoms with Gasteiger partial charge in [0.2, 0.25) is 0 Å². The van der Waals surface area contributed by atoms with Crippen LogP contribution in [0.4, 0.5) is 0 Å². The molecule has 4 rings (SSSR count). The van der Waals surface area contributed by atoms with Crippen molar-refractivity contribution < 1.29 is 0 Å². The molecule has 7 nitrogen and oxygen atoms in total. The van der Waals surface area contributed by atoms with E-state index in [1.807, 2.05) is 0 Å². The van der Waals surface area contributed by atoms with E-state index in [0.29, 0.717) is 6.54 Å². The first-order chi connectivity index (χ1) is 14.3. The summed E-state index contributed by atoms with van der Waals surface area (Å²) in [5, 5.41) is 15.4. The molecule has 2 aliphatic heterocycles. The lowest BCUT2D eigenvalue weighted by Gasteiger charge is -2.26. The highest BCUT2D eigenvalue weighted by molar-refractivity contribution is 14.0. The molecule has 0 bridgehead atoms. The lowest BCUT2D eigenvalue weighted by Crippen LogP contribution is -2.37. The maximum Gasteiger partial charge on any atom is 0.191 e. The van der Waals surface area contributed by atoms with Gasteiger partial charge in [-0.05, 0) is 49.9 Å². The fraction of sp³-hybridized carbons (Fsp3) is 0.591. The molecule has 1 saturated heterocycles. The fourth-order valence-electron chi connectivity index (χ4n) is 4.21. The Labute approximate surface area is 196 Å². The van der Waals surface area contributed by atoms with Crippen LogP contribution in [-0.4, -0.2) is 45.8 Å². The van der Waals surface area contributed by atoms with E-state index >= 15 is 0 Å². The highest BCUT2D eigenvalue weighted by atomic mass is 127. The molecule has 30 heavy (non-hydrogen) atoms. The van der Waals surface area contributed by atoms with Crippen molar-refractivity contribution in [3.05, 3.63) is 47.0 Å². The highest BCUT2D eigenvalue weighted by Crippen LogP contribution is 2.15. The average Bonchev–Trinajstić information content (AvgIpc) is 3.19. The Bertz CT molecular complexity index is 809. The summed E-state index contributed by atoms with van der Waals surface area (Å²) in [6.07, 6.45) is 7.52. The molecule has 8 heteroatoms. The molecule has 0 aliphatic carbocycles. The van der Waals surface area contributed by atoms with Crippen LogP contribution in [0.15, 0.2) is 29.3 Å². The van der Waals surface area contributed by atoms with Gasteiger partial charge in [-0.15, -0.1) is 34.2 Å². The van der Waals surface area contributed by atoms with E-state index in [2.05, 4.69) is 59.6 Å². The average molecular weight is 523 g/mol. The lowest BCUT2D eigenvalue weighted by molar-refractivity contribution is 0.221. The van der Waals surface area contributed by atoms with Gasteiger partial charge in [0, 0.05) is 33.1 Å². The Balaban J connectivity index is 0.00000256. The molecule has 0 radical (unpaired) electrons. The lowest BCUT2D eigenvalue weighted by atomic mass is 10.1. The van der Waals surface area contributed by atoms with Crippen molar-refractivity contribution >= 4 is 29.9 Å². The summed E-state index contributed by atoms with van der Waals surface area (Å²) in [5.74, 6) is 2.89. The number of benzene rings is 1. The molecule has 1 fully saturated rings. The number of piperidine rings is 1. The van der Waals surface area contributed by atoms with E-state index in [0.717, 1.165) is 43.7 Å². The van der Waals surface area contributed by atoms with Crippen LogP contribution < -0.4 is 10.6 Å². The topological polar surface area (TPSA) is 70.4 Å². The molecule has 0 unspecified atom stereocenters. The van der Waals surface area contributed by atoms with Crippen molar-refractivity contribution in [3.8, 4) is 0 Å². The van der Waals surface area contributed by atoms with Gasteiger partial charge in [-0.2, -0.15) is 0 Å². The number of hydrogen-bond acceptors (Lipinski definition) is 4. The number of aromatic nitrogens is 3. The third kappa shape index (κ3) is 6.16. The van der Waals surface area contributed by atoms with E-state index in [4.69, 9.17) is 0 Å². The maximum absolute atomic E-state index is 4.34. The molecule has 2 aliphatic rings. The Morgan fingerprint density at radius 3 is 2.37 bits per heavy atom. The summed E-state index contributed by atoms with van der Waals surface area (Å²) in [5.41, 5.74) is 2.66. The standard InChI is InChI=1S/C22H33N7.HI/c1-23-22(25-16-21-27-26-20-7-3-6-14-29(20)21)24-15-18-8-10-19(11-9-18)17-28-12-4-2-5-13-28;/h8-11H,2-7,12-17H2,1H3,(H2,23,24,25);1H. The Hall–Kier alpha value is -1.68. The van der Waals surface area contributed by atoms with Crippen LogP contribution in [0, 0.1) is 0 Å². The van der Waals surface area contributed by atoms with Crippen molar-refractivity contribution in [2.24, 2.45) is 4.99 Å². The highest BCUT2D eigenvalue weighted by Gasteiger charge is 2.15. The summed E-state index contributed by atoms with van der Waals surface area (Å²) in [4.78, 5) is 6.90. The van der Waals surface area contributed by atoms with E-state index in [9.17, 15) is 0 Å². The Kier molecular flexibility index (Phi) is 8.92. The summed E-state index contributed by atoms with van der Waals surface area (Å²) in [7, 11) is 1.80. The number of rotatable bonds is 6. The zero-order valence-corrected chi connectivity index (χ0v) is 20.3. The van der Waals surface area contributed by atoms with Crippen molar-refractivity contribution in [2.75, 3.05) is 20.1 Å². The predicted octanol–water partition coefficient (Wildman–Crippen LogP) is 3.08. The smallest absolute Gasteiger partial charge is 0.191 e. The van der Waals surface area contributed by atoms with E-state index in [-0.39, 0.29) is 24.0 Å². The molecule has 0 atom stereocenters. The molecule has 164 valence electrons. The van der Waals surface area contributed by atoms with Crippen molar-refractivity contribution in [2.45, 2.75) is 64.7 Å². The number of aryl methyl sites for hydroxylation is 1. The van der Waals surface area contributed by atoms with E-state index < -0.39 is 0 Å². The molecule has 2 aromatic rings. The minimum absolute atomic E-state index is 0. The first-order valence-electron chi connectivity index (χ1n) is 11.0. The van der Waals surface area contributed by atoms with E-state index in [1.54, 1.807) is 7.05 Å². The maximum atomic E-state index is 4.34. The summed E-state index contributed by atoms with van der Waals surface area (Å²) >= 11 is 0. The number of halogens is 1. The van der Waals surface area contributed by atoms with Crippen LogP contribution in [0.2, 0.25) is 0 Å². The molecule has 2 N–H and O–H groups in total. The monoisotopic (exact) mass is 523 g/mol. The van der Waals surface area contributed by atoms with E-state index in [1.165, 1.54) is 56.3 Å². The zero-order chi connectivity index (χ0) is 19.9. The normalized spacial score (nSPS) is 17.2. The molecule has 1 aromatic carbocycles. The summed E-state index contributed by atoms with van der Waals surface area (Å²) < 4.78 is 2.24. The van der Waals surface area contributed by atoms with Gasteiger partial charge in [-0.25, -0.2) is 0 Å². The van der Waals surface area contributed by atoms with Crippen LogP contribution in [-0.2, 0) is 32.6 Å². The second-order valence-electron chi connectivity index (χ2n) is 8.07. The minimum Gasteiger partial charge on any atom is -0.352 e. The summed E-state index contributed by atoms with van der Waals surface area (Å²) in [6, 6.07) is 8.94. The number of nitrogens with one attached hydrogen (secondary N) is 2. The van der Waals surface area contributed by atoms with Crippen molar-refractivity contribution in [1.82, 2.24) is 30.3 Å². The van der Waals surface area contributed by atoms with Gasteiger partial charge in [0.15, 0.2) is 11.8 Å². The molecular weight excluding hydrogens is 489 g/mol. The number of nitrogens with zero attached hydrogens (tertiary/aromatic N) is 5. The van der Waals surface area contributed by atoms with Gasteiger partial charge < -0.3 is 15.2 Å². The number of aliphatic imine (C=N–C) groups is 1. The molecule has 0 saturated carbocycles. The number of likely N-dealkylation sites (tertiary alicyclic amines) is 1. The second kappa shape index (κ2) is 11.6. The van der Waals surface area contributed by atoms with Gasteiger partial charge in [-0.1, -0.05) is 30.7 Å². The van der Waals surface area contributed by atoms with Gasteiger partial charge in [0.1, 0.15) is 5.82 Å². The van der Waals surface area contributed by atoms with Gasteiger partial charge >= 0.3 is 0 Å². The molecule has 1 aromatic heterocycles. The van der Waals surface area contributed by atoms with Crippen LogP contribution in [0.5, 0.6) is 0 Å². The van der Waals surface area contributed by atoms with Gasteiger partial charge in [0.05, 0.1) is 6.54 Å². The molecular formula is C22H34IN7. The van der Waals surface area contributed by atoms with Crippen LogP contribution in [0.25, 0.3) is 0 Å². The molecule has 0 spiro atoms. The largest absolute Gasteiger partial charge is 0.352 e. The second-order valence-corrected chi connectivity index (χ2v) is 8.07. The number of hydrogen-bond donors (Lipinski definition) is 2. The first-order valence-corrected chi connectivity index (χ1v) is 11.0. The quantitative estimate of drug-likeness (QED) is 0.346. The Morgan fingerprint density at radius 1 is 0.900 bits per heavy atom. The first kappa shape index (κ1) is 23.0. The Morgan fingerprint density at radius 2 is 1.60 bits per heavy atom. The van der Waals surface area contributed by atoms with Crippen LogP contribution in [0.1, 0.15) is 54.9 Å². The third-order valence-corrected chi connectivity index (χ3v) is 5.91. The predicted molar refractivity (Wildman–Crippen MR) is 131 cm³/mol. The van der Waals surface area contributed by atoms with Crippen LogP contribution >= 0.6 is 24.0 Å². The minimum atomic E-state index is 0. The van der Waals surface area contributed by atoms with Crippen molar-refractivity contribution in [1.29, 1.82) is 0 Å².